The van der Waals surface area contributed by atoms with E-state index in [1.165, 1.54) is 4.90 Å². The van der Waals surface area contributed by atoms with E-state index in [4.69, 9.17) is 5.11 Å². The van der Waals surface area contributed by atoms with E-state index < -0.39 is 11.7 Å². The zero-order chi connectivity index (χ0) is 14.0. The fourth-order valence-corrected chi connectivity index (χ4v) is 3.02. The molecule has 0 aromatic carbocycles. The lowest BCUT2D eigenvalue weighted by molar-refractivity contribution is 0.0167. The van der Waals surface area contributed by atoms with Gasteiger partial charge in [0, 0.05) is 23.8 Å². The van der Waals surface area contributed by atoms with Crippen LogP contribution in [-0.2, 0) is 5.60 Å². The lowest BCUT2D eigenvalue weighted by Crippen LogP contribution is -2.33. The minimum absolute atomic E-state index is 0.336. The maximum atomic E-state index is 11.0. The summed E-state index contributed by atoms with van der Waals surface area (Å²) in [7, 11) is 0. The minimum Gasteiger partial charge on any atom is -0.465 e. The summed E-state index contributed by atoms with van der Waals surface area (Å²) >= 11 is 3.35. The molecule has 19 heavy (non-hydrogen) atoms. The topological polar surface area (TPSA) is 73.7 Å². The second-order valence-electron chi connectivity index (χ2n) is 4.97. The molecule has 1 amide bonds. The van der Waals surface area contributed by atoms with Gasteiger partial charge in [0.1, 0.15) is 5.60 Å². The van der Waals surface area contributed by atoms with Crippen molar-refractivity contribution in [3.8, 4) is 0 Å². The highest BCUT2D eigenvalue weighted by atomic mass is 79.9. The van der Waals surface area contributed by atoms with E-state index in [1.54, 1.807) is 6.20 Å². The summed E-state index contributed by atoms with van der Waals surface area (Å²) in [5, 5.41) is 19.8. The Bertz CT molecular complexity index is 495. The fraction of sp³-hybridized carbons (Fsp3) is 0.538. The predicted molar refractivity (Wildman–Crippen MR) is 74.0 cm³/mol. The first-order valence-corrected chi connectivity index (χ1v) is 7.04. The molecule has 1 saturated heterocycles. The van der Waals surface area contributed by atoms with Crippen molar-refractivity contribution >= 4 is 22.0 Å². The Hall–Kier alpha value is -1.14. The third-order valence-electron chi connectivity index (χ3n) is 3.57. The van der Waals surface area contributed by atoms with Crippen LogP contribution in [-0.4, -0.2) is 39.3 Å². The number of hydrogen-bond donors (Lipinski definition) is 2. The van der Waals surface area contributed by atoms with Gasteiger partial charge >= 0.3 is 6.09 Å². The molecule has 2 heterocycles. The molecule has 104 valence electrons. The Morgan fingerprint density at radius 3 is 2.84 bits per heavy atom. The summed E-state index contributed by atoms with van der Waals surface area (Å²) in [6, 6.07) is 1.92. The lowest BCUT2D eigenvalue weighted by atomic mass is 9.88. The number of hydrogen-bond acceptors (Lipinski definition) is 3. The number of pyridine rings is 1. The number of carboxylic acid groups (broad SMARTS) is 1. The second-order valence-corrected chi connectivity index (χ2v) is 5.89. The summed E-state index contributed by atoms with van der Waals surface area (Å²) in [4.78, 5) is 16.7. The molecule has 1 aliphatic heterocycles. The normalized spacial score (nSPS) is 24.1. The van der Waals surface area contributed by atoms with Crippen LogP contribution in [0, 0.1) is 6.92 Å². The van der Waals surface area contributed by atoms with Gasteiger partial charge in [0.25, 0.3) is 0 Å². The molecule has 0 bridgehead atoms. The van der Waals surface area contributed by atoms with Gasteiger partial charge in [0.05, 0.1) is 5.69 Å². The van der Waals surface area contributed by atoms with Crippen LogP contribution in [0.25, 0.3) is 0 Å². The van der Waals surface area contributed by atoms with Gasteiger partial charge in [0.2, 0.25) is 0 Å². The van der Waals surface area contributed by atoms with Crippen LogP contribution in [0.3, 0.4) is 0 Å². The Kier molecular flexibility index (Phi) is 4.10. The van der Waals surface area contributed by atoms with Crippen LogP contribution in [0.4, 0.5) is 4.79 Å². The van der Waals surface area contributed by atoms with E-state index >= 15 is 0 Å². The van der Waals surface area contributed by atoms with Crippen molar-refractivity contribution in [2.75, 3.05) is 13.1 Å². The number of aryl methyl sites for hydroxylation is 1. The first kappa shape index (κ1) is 14.3. The molecule has 0 spiro atoms. The fourth-order valence-electron chi connectivity index (χ4n) is 2.57. The monoisotopic (exact) mass is 328 g/mol. The third-order valence-corrected chi connectivity index (χ3v) is 4.00. The minimum atomic E-state index is -1.03. The van der Waals surface area contributed by atoms with E-state index in [1.807, 2.05) is 13.0 Å². The number of carbonyl (C=O) groups is 1. The Balaban J connectivity index is 2.25. The molecule has 1 fully saturated rings. The summed E-state index contributed by atoms with van der Waals surface area (Å²) in [6.45, 7) is 2.71. The van der Waals surface area contributed by atoms with Crippen LogP contribution < -0.4 is 0 Å². The summed E-state index contributed by atoms with van der Waals surface area (Å²) in [5.74, 6) is 0. The number of likely N-dealkylation sites (tertiary alicyclic amines) is 1. The van der Waals surface area contributed by atoms with Crippen molar-refractivity contribution in [1.29, 1.82) is 0 Å². The first-order chi connectivity index (χ1) is 8.92. The zero-order valence-corrected chi connectivity index (χ0v) is 12.4. The quantitative estimate of drug-likeness (QED) is 0.830. The van der Waals surface area contributed by atoms with E-state index in [0.717, 1.165) is 10.0 Å². The standard InChI is InChI=1S/C13H17BrN2O3/c1-9-7-10(14)8-15-11(9)13(19)3-2-5-16(6-4-13)12(17)18/h7-8,19H,2-6H2,1H3,(H,17,18). The molecule has 1 aromatic rings. The van der Waals surface area contributed by atoms with Gasteiger partial charge in [-0.05, 0) is 53.7 Å². The number of halogens is 1. The molecule has 1 atom stereocenters. The van der Waals surface area contributed by atoms with Crippen molar-refractivity contribution in [2.45, 2.75) is 31.8 Å². The lowest BCUT2D eigenvalue weighted by Gasteiger charge is -2.27. The van der Waals surface area contributed by atoms with Gasteiger partial charge < -0.3 is 15.1 Å². The largest absolute Gasteiger partial charge is 0.465 e. The van der Waals surface area contributed by atoms with Crippen molar-refractivity contribution < 1.29 is 15.0 Å². The summed E-state index contributed by atoms with van der Waals surface area (Å²) in [6.07, 6.45) is 2.30. The SMILES string of the molecule is Cc1cc(Br)cnc1C1(O)CCCN(C(=O)O)CC1. The molecule has 6 heteroatoms. The highest BCUT2D eigenvalue weighted by Crippen LogP contribution is 2.34. The van der Waals surface area contributed by atoms with Crippen molar-refractivity contribution in [3.63, 3.8) is 0 Å². The molecule has 1 aliphatic rings. The molecule has 1 aromatic heterocycles. The van der Waals surface area contributed by atoms with Crippen molar-refractivity contribution in [3.05, 3.63) is 28.0 Å². The van der Waals surface area contributed by atoms with Gasteiger partial charge in [0.15, 0.2) is 0 Å². The molecule has 2 rings (SSSR count). The number of rotatable bonds is 1. The van der Waals surface area contributed by atoms with E-state index in [2.05, 4.69) is 20.9 Å². The van der Waals surface area contributed by atoms with Crippen LogP contribution in [0.2, 0.25) is 0 Å². The Labute approximate surface area is 120 Å². The number of aliphatic hydroxyl groups is 1. The molecule has 2 N–H and O–H groups in total. The Morgan fingerprint density at radius 1 is 1.47 bits per heavy atom. The molecule has 5 nitrogen and oxygen atoms in total. The average molecular weight is 329 g/mol. The van der Waals surface area contributed by atoms with E-state index in [9.17, 15) is 9.90 Å². The van der Waals surface area contributed by atoms with Gasteiger partial charge in [-0.2, -0.15) is 0 Å². The first-order valence-electron chi connectivity index (χ1n) is 6.25. The highest BCUT2D eigenvalue weighted by Gasteiger charge is 2.35. The van der Waals surface area contributed by atoms with E-state index in [0.29, 0.717) is 38.0 Å². The van der Waals surface area contributed by atoms with Crippen LogP contribution >= 0.6 is 15.9 Å². The van der Waals surface area contributed by atoms with Crippen LogP contribution in [0.5, 0.6) is 0 Å². The maximum absolute atomic E-state index is 11.0. The predicted octanol–water partition coefficient (Wildman–Crippen LogP) is 2.50. The number of nitrogens with zero attached hydrogens (tertiary/aromatic N) is 2. The highest BCUT2D eigenvalue weighted by molar-refractivity contribution is 9.10. The van der Waals surface area contributed by atoms with Crippen LogP contribution in [0.15, 0.2) is 16.7 Å². The second kappa shape index (κ2) is 5.46. The molecule has 1 unspecified atom stereocenters. The van der Waals surface area contributed by atoms with Gasteiger partial charge in [-0.1, -0.05) is 0 Å². The number of amides is 1. The van der Waals surface area contributed by atoms with Gasteiger partial charge in [-0.3, -0.25) is 4.98 Å². The average Bonchev–Trinajstić information content (AvgIpc) is 2.51. The summed E-state index contributed by atoms with van der Waals surface area (Å²) < 4.78 is 0.873. The van der Waals surface area contributed by atoms with Gasteiger partial charge in [-0.15, -0.1) is 0 Å². The third kappa shape index (κ3) is 3.06. The van der Waals surface area contributed by atoms with Crippen LogP contribution in [0.1, 0.15) is 30.5 Å². The maximum Gasteiger partial charge on any atom is 0.407 e. The van der Waals surface area contributed by atoms with Crippen molar-refractivity contribution in [1.82, 2.24) is 9.88 Å². The molecule has 0 saturated carbocycles. The zero-order valence-electron chi connectivity index (χ0n) is 10.8. The van der Waals surface area contributed by atoms with Crippen molar-refractivity contribution in [2.24, 2.45) is 0 Å². The van der Waals surface area contributed by atoms with E-state index in [-0.39, 0.29) is 0 Å². The summed E-state index contributed by atoms with van der Waals surface area (Å²) in [5.41, 5.74) is 0.540. The molecule has 0 aliphatic carbocycles. The molecular formula is C13H17BrN2O3. The molecule has 0 radical (unpaired) electrons. The molecular weight excluding hydrogens is 312 g/mol. The number of aromatic nitrogens is 1. The van der Waals surface area contributed by atoms with Gasteiger partial charge in [-0.25, -0.2) is 4.79 Å². The smallest absolute Gasteiger partial charge is 0.407 e. The Morgan fingerprint density at radius 2 is 2.21 bits per heavy atom.